The van der Waals surface area contributed by atoms with E-state index in [0.717, 1.165) is 0 Å². The number of rotatable bonds is 6. The van der Waals surface area contributed by atoms with Crippen LogP contribution in [0.4, 0.5) is 0 Å². The van der Waals surface area contributed by atoms with Gasteiger partial charge in [0.1, 0.15) is 0 Å². The second kappa shape index (κ2) is 6.85. The first-order valence-electron chi connectivity index (χ1n) is 5.98. The minimum Gasteiger partial charge on any atom is -0.483 e. The monoisotopic (exact) mass is 306 g/mol. The van der Waals surface area contributed by atoms with E-state index in [4.69, 9.17) is 13.6 Å². The molecule has 0 heterocycles. The lowest BCUT2D eigenvalue weighted by atomic mass is 10.8. The first kappa shape index (κ1) is 17.8. The van der Waals surface area contributed by atoms with E-state index >= 15 is 0 Å². The minimum absolute atomic E-state index is 0.147. The van der Waals surface area contributed by atoms with Crippen molar-refractivity contribution in [2.75, 3.05) is 6.23 Å². The fourth-order valence-electron chi connectivity index (χ4n) is 1.75. The fourth-order valence-corrected chi connectivity index (χ4v) is 10.8. The van der Waals surface area contributed by atoms with Gasteiger partial charge in [0.15, 0.2) is 6.23 Å². The topological polar surface area (TPSA) is 78.9 Å². The highest BCUT2D eigenvalue weighted by atomic mass is 28.4. The molecule has 0 aliphatic carbocycles. The quantitative estimate of drug-likeness (QED) is 0.547. The Morgan fingerprint density at radius 2 is 1.26 bits per heavy atom. The van der Waals surface area contributed by atoms with Gasteiger partial charge in [0.25, 0.3) is 11.9 Å². The maximum Gasteiger partial charge on any atom is 0.500 e. The van der Waals surface area contributed by atoms with Crippen LogP contribution < -0.4 is 0 Å². The molecule has 0 bridgehead atoms. The van der Waals surface area contributed by atoms with Crippen molar-refractivity contribution < 1.29 is 28.0 Å². The molecule has 0 aliphatic rings. The molecule has 0 rings (SSSR count). The summed E-state index contributed by atoms with van der Waals surface area (Å²) in [5, 5.41) is 0. The van der Waals surface area contributed by atoms with E-state index in [1.54, 1.807) is 0 Å². The van der Waals surface area contributed by atoms with E-state index < -0.39 is 34.5 Å². The number of hydrogen-bond acceptors (Lipinski definition) is 6. The van der Waals surface area contributed by atoms with Crippen LogP contribution in [0.3, 0.4) is 0 Å². The SMILES string of the molecule is CC(=O)OC[Si](C[Si](C)(C)C)(OC(C)=O)OC(C)=O. The highest BCUT2D eigenvalue weighted by Gasteiger charge is 2.49. The van der Waals surface area contributed by atoms with Crippen molar-refractivity contribution in [3.63, 3.8) is 0 Å². The zero-order valence-corrected chi connectivity index (χ0v) is 14.4. The second-order valence-electron chi connectivity index (χ2n) is 5.62. The fraction of sp³-hybridized carbons (Fsp3) is 0.727. The molecule has 0 saturated heterocycles. The predicted octanol–water partition coefficient (Wildman–Crippen LogP) is 1.53. The molecule has 0 N–H and O–H groups in total. The Labute approximate surface area is 115 Å². The van der Waals surface area contributed by atoms with Crippen molar-refractivity contribution in [2.45, 2.75) is 46.1 Å². The van der Waals surface area contributed by atoms with Crippen molar-refractivity contribution in [2.24, 2.45) is 0 Å². The Bertz CT molecular complexity index is 345. The van der Waals surface area contributed by atoms with Gasteiger partial charge >= 0.3 is 14.5 Å². The van der Waals surface area contributed by atoms with Gasteiger partial charge in [0.2, 0.25) is 0 Å². The molecule has 0 fully saturated rings. The van der Waals surface area contributed by atoms with Gasteiger partial charge < -0.3 is 13.6 Å². The second-order valence-corrected chi connectivity index (χ2v) is 14.7. The maximum atomic E-state index is 11.3. The number of ether oxygens (including phenoxy) is 1. The van der Waals surface area contributed by atoms with E-state index in [1.807, 2.05) is 0 Å². The van der Waals surface area contributed by atoms with Gasteiger partial charge in [0, 0.05) is 34.5 Å². The molecule has 0 aromatic heterocycles. The average Bonchev–Trinajstić information content (AvgIpc) is 2.09. The number of hydrogen-bond donors (Lipinski definition) is 0. The normalized spacial score (nSPS) is 11.7. The lowest BCUT2D eigenvalue weighted by Gasteiger charge is -2.32. The molecular weight excluding hydrogens is 284 g/mol. The molecule has 110 valence electrons. The van der Waals surface area contributed by atoms with E-state index in [1.165, 1.54) is 20.8 Å². The van der Waals surface area contributed by atoms with Crippen LogP contribution in [0.5, 0.6) is 0 Å². The summed E-state index contributed by atoms with van der Waals surface area (Å²) in [6.45, 7) is 9.96. The summed E-state index contributed by atoms with van der Waals surface area (Å²) in [5.74, 6) is -1.55. The molecular formula is C11H22O6Si2. The van der Waals surface area contributed by atoms with Gasteiger partial charge in [-0.2, -0.15) is 0 Å². The van der Waals surface area contributed by atoms with Crippen LogP contribution in [0.25, 0.3) is 0 Å². The third-order valence-corrected chi connectivity index (χ3v) is 10.3. The smallest absolute Gasteiger partial charge is 0.483 e. The molecule has 0 aromatic rings. The first-order valence-corrected chi connectivity index (χ1v) is 11.9. The molecule has 0 radical (unpaired) electrons. The van der Waals surface area contributed by atoms with Crippen molar-refractivity contribution in [1.82, 2.24) is 0 Å². The predicted molar refractivity (Wildman–Crippen MR) is 74.1 cm³/mol. The molecule has 19 heavy (non-hydrogen) atoms. The Morgan fingerprint density at radius 3 is 1.53 bits per heavy atom. The van der Waals surface area contributed by atoms with Gasteiger partial charge in [-0.3, -0.25) is 14.4 Å². The zero-order valence-electron chi connectivity index (χ0n) is 12.4. The van der Waals surface area contributed by atoms with Crippen LogP contribution in [0, 0.1) is 0 Å². The molecule has 0 atom stereocenters. The van der Waals surface area contributed by atoms with E-state index in [2.05, 4.69) is 19.6 Å². The summed E-state index contributed by atoms with van der Waals surface area (Å²) in [7, 11) is -4.88. The van der Waals surface area contributed by atoms with E-state index in [-0.39, 0.29) is 6.23 Å². The number of esters is 1. The molecule has 0 spiro atoms. The van der Waals surface area contributed by atoms with Gasteiger partial charge in [-0.25, -0.2) is 0 Å². The maximum absolute atomic E-state index is 11.3. The zero-order chi connectivity index (χ0) is 15.3. The lowest BCUT2D eigenvalue weighted by Crippen LogP contribution is -2.54. The molecule has 0 amide bonds. The molecule has 0 unspecified atom stereocenters. The highest BCUT2D eigenvalue weighted by Crippen LogP contribution is 2.23. The first-order chi connectivity index (χ1) is 8.46. The summed E-state index contributed by atoms with van der Waals surface area (Å²) < 4.78 is 15.5. The Balaban J connectivity index is 5.22. The Hall–Kier alpha value is -1.16. The van der Waals surface area contributed by atoms with Crippen molar-refractivity contribution in [1.29, 1.82) is 0 Å². The van der Waals surface area contributed by atoms with Gasteiger partial charge in [-0.05, 0) is 0 Å². The van der Waals surface area contributed by atoms with E-state index in [9.17, 15) is 14.4 Å². The van der Waals surface area contributed by atoms with Crippen LogP contribution >= 0.6 is 0 Å². The Morgan fingerprint density at radius 1 is 0.842 bits per heavy atom. The van der Waals surface area contributed by atoms with Gasteiger partial charge in [-0.15, -0.1) is 0 Å². The van der Waals surface area contributed by atoms with Crippen LogP contribution in [0.15, 0.2) is 0 Å². The standard InChI is InChI=1S/C11H22O6Si2/c1-9(12)15-7-19(16-10(2)13,17-11(3)14)8-18(4,5)6/h7-8H2,1-6H3. The van der Waals surface area contributed by atoms with Gasteiger partial charge in [-0.1, -0.05) is 19.6 Å². The highest BCUT2D eigenvalue weighted by molar-refractivity contribution is 6.91. The summed E-state index contributed by atoms with van der Waals surface area (Å²) in [6.07, 6.45) is -0.147. The number of carbonyl (C=O) groups is 3. The summed E-state index contributed by atoms with van der Waals surface area (Å²) in [5.41, 5.74) is 0.492. The Kier molecular flexibility index (Phi) is 6.43. The molecule has 0 saturated carbocycles. The summed E-state index contributed by atoms with van der Waals surface area (Å²) >= 11 is 0. The summed E-state index contributed by atoms with van der Waals surface area (Å²) in [6, 6.07) is 0. The molecule has 8 heteroatoms. The van der Waals surface area contributed by atoms with Crippen molar-refractivity contribution in [3.05, 3.63) is 0 Å². The van der Waals surface area contributed by atoms with Gasteiger partial charge in [0.05, 0.1) is 0 Å². The third kappa shape index (κ3) is 8.54. The van der Waals surface area contributed by atoms with Crippen molar-refractivity contribution >= 4 is 34.5 Å². The van der Waals surface area contributed by atoms with Crippen LogP contribution in [-0.2, 0) is 28.0 Å². The van der Waals surface area contributed by atoms with E-state index in [0.29, 0.717) is 5.67 Å². The average molecular weight is 306 g/mol. The van der Waals surface area contributed by atoms with Crippen LogP contribution in [-0.4, -0.2) is 40.8 Å². The third-order valence-electron chi connectivity index (χ3n) is 1.95. The lowest BCUT2D eigenvalue weighted by molar-refractivity contribution is -0.145. The minimum atomic E-state index is -3.20. The largest absolute Gasteiger partial charge is 0.500 e. The molecule has 0 aliphatic heterocycles. The summed E-state index contributed by atoms with van der Waals surface area (Å²) in [4.78, 5) is 33.5. The molecule has 6 nitrogen and oxygen atoms in total. The van der Waals surface area contributed by atoms with Crippen LogP contribution in [0.1, 0.15) is 20.8 Å². The van der Waals surface area contributed by atoms with Crippen molar-refractivity contribution in [3.8, 4) is 0 Å². The van der Waals surface area contributed by atoms with Crippen LogP contribution in [0.2, 0.25) is 25.3 Å². The number of carbonyl (C=O) groups excluding carboxylic acids is 3. The molecule has 0 aromatic carbocycles.